The minimum absolute atomic E-state index is 0.0868. The molecule has 0 saturated heterocycles. The Balaban J connectivity index is 1.22. The molecule has 2 aromatic heterocycles. The lowest BCUT2D eigenvalue weighted by molar-refractivity contribution is 0.592. The Labute approximate surface area is 394 Å². The zero-order valence-electron chi connectivity index (χ0n) is 38.5. The van der Waals surface area contributed by atoms with Crippen molar-refractivity contribution in [3.8, 4) is 22.3 Å². The van der Waals surface area contributed by atoms with Crippen molar-refractivity contribution in [2.45, 2.75) is 75.3 Å². The van der Waals surface area contributed by atoms with Gasteiger partial charge in [0.2, 0.25) is 0 Å². The minimum atomic E-state index is -3.05. The molecule has 0 amide bonds. The van der Waals surface area contributed by atoms with E-state index in [0.29, 0.717) is 0 Å². The van der Waals surface area contributed by atoms with Gasteiger partial charge in [-0.25, -0.2) is 4.98 Å². The molecule has 0 atom stereocenters. The zero-order chi connectivity index (χ0) is 44.9. The van der Waals surface area contributed by atoms with Crippen molar-refractivity contribution in [2.75, 3.05) is 0 Å². The molecule has 0 N–H and O–H groups in total. The third-order valence-electron chi connectivity index (χ3n) is 13.9. The maximum atomic E-state index is 5.13. The van der Waals surface area contributed by atoms with Crippen LogP contribution in [0.4, 0.5) is 0 Å². The molecule has 320 valence electrons. The Morgan fingerprint density at radius 2 is 1.00 bits per heavy atom. The Morgan fingerprint density at radius 3 is 1.65 bits per heavy atom. The number of thiazole rings is 1. The summed E-state index contributed by atoms with van der Waals surface area (Å²) in [5.41, 5.74) is 11.2. The first-order valence-electron chi connectivity index (χ1n) is 22.9. The molecule has 10 aromatic rings. The second-order valence-electron chi connectivity index (χ2n) is 20.4. The van der Waals surface area contributed by atoms with E-state index < -0.39 is 16.1 Å². The van der Waals surface area contributed by atoms with E-state index in [4.69, 9.17) is 4.98 Å². The molecule has 0 unspecified atom stereocenters. The molecule has 3 heterocycles. The van der Waals surface area contributed by atoms with Crippen molar-refractivity contribution >= 4 is 96.6 Å². The van der Waals surface area contributed by atoms with Gasteiger partial charge in [0.25, 0.3) is 0 Å². The number of benzene rings is 8. The third kappa shape index (κ3) is 6.66. The molecule has 1 aliphatic rings. The van der Waals surface area contributed by atoms with E-state index in [2.05, 4.69) is 241 Å². The van der Waals surface area contributed by atoms with E-state index >= 15 is 0 Å². The summed E-state index contributed by atoms with van der Waals surface area (Å²) in [4.78, 5) is 8.99. The summed E-state index contributed by atoms with van der Waals surface area (Å²) < 4.78 is 3.62. The van der Waals surface area contributed by atoms with Gasteiger partial charge in [0.1, 0.15) is 8.07 Å². The molecule has 1 aliphatic heterocycles. The largest absolute Gasteiger partial charge is 0.283 e. The average Bonchev–Trinajstić information content (AvgIpc) is 3.86. The van der Waals surface area contributed by atoms with Crippen LogP contribution in [0.2, 0.25) is 13.1 Å². The summed E-state index contributed by atoms with van der Waals surface area (Å²) in [6.45, 7) is 19.3. The molecule has 65 heavy (non-hydrogen) atoms. The zero-order valence-corrected chi connectivity index (χ0v) is 42.2. The monoisotopic (exact) mass is 910 g/mol. The van der Waals surface area contributed by atoms with E-state index in [1.54, 1.807) is 11.3 Å². The van der Waals surface area contributed by atoms with Gasteiger partial charge in [-0.3, -0.25) is 4.40 Å². The lowest BCUT2D eigenvalue weighted by atomic mass is 9.82. The topological polar surface area (TPSA) is 17.3 Å². The summed E-state index contributed by atoms with van der Waals surface area (Å²) in [5.74, 6) is 0. The molecule has 6 heteroatoms. The highest BCUT2D eigenvalue weighted by atomic mass is 32.2. The fraction of sp³-hybridized carbons (Fsp3) is 0.169. The van der Waals surface area contributed by atoms with Crippen molar-refractivity contribution in [3.63, 3.8) is 0 Å². The Bertz CT molecular complexity index is 3420. The van der Waals surface area contributed by atoms with E-state index in [1.807, 2.05) is 11.8 Å². The quantitative estimate of drug-likeness (QED) is 0.122. The van der Waals surface area contributed by atoms with Gasteiger partial charge in [0.05, 0.1) is 21.3 Å². The van der Waals surface area contributed by atoms with Gasteiger partial charge in [-0.1, -0.05) is 235 Å². The fourth-order valence-corrected chi connectivity index (χ4v) is 22.3. The molecule has 0 radical (unpaired) electrons. The summed E-state index contributed by atoms with van der Waals surface area (Å²) in [7, 11) is -5.03. The SMILES string of the molecule is CC(C)(C)c1ccc([Si](c2ccccc2)(c2ccccc2)c2ccc(C(C)(C)C)c(-c3cccc4c3sc3nc5ccccc5n34)c2)cc1-c1cccc2c1Sc1ccccc1[Si]2(C)C. The van der Waals surface area contributed by atoms with Crippen LogP contribution in [0.25, 0.3) is 48.5 Å². The van der Waals surface area contributed by atoms with Crippen LogP contribution in [0, 0.1) is 0 Å². The minimum Gasteiger partial charge on any atom is -0.283 e. The number of nitrogens with zero attached hydrogens (tertiary/aromatic N) is 2. The van der Waals surface area contributed by atoms with Crippen LogP contribution >= 0.6 is 23.1 Å². The maximum absolute atomic E-state index is 5.13. The van der Waals surface area contributed by atoms with Crippen LogP contribution in [0.15, 0.2) is 192 Å². The van der Waals surface area contributed by atoms with E-state index in [0.717, 1.165) is 16.0 Å². The molecule has 0 fully saturated rings. The number of aromatic nitrogens is 2. The normalized spacial score (nSPS) is 13.9. The fourth-order valence-electron chi connectivity index (χ4n) is 10.8. The third-order valence-corrected chi connectivity index (χ3v) is 24.9. The van der Waals surface area contributed by atoms with E-state index in [-0.39, 0.29) is 10.8 Å². The molecule has 0 saturated carbocycles. The van der Waals surface area contributed by atoms with Crippen molar-refractivity contribution in [2.24, 2.45) is 0 Å². The predicted octanol–water partition coefficient (Wildman–Crippen LogP) is 12.3. The Morgan fingerprint density at radius 1 is 0.477 bits per heavy atom. The summed E-state index contributed by atoms with van der Waals surface area (Å²) in [6.07, 6.45) is 0. The van der Waals surface area contributed by atoms with Gasteiger partial charge >= 0.3 is 0 Å². The summed E-state index contributed by atoms with van der Waals surface area (Å²) in [6, 6.07) is 69.8. The molecular formula is C59H54N2S2Si2. The van der Waals surface area contributed by atoms with Gasteiger partial charge in [-0.05, 0) is 94.0 Å². The molecule has 0 spiro atoms. The molecule has 0 bridgehead atoms. The van der Waals surface area contributed by atoms with Crippen LogP contribution in [-0.4, -0.2) is 25.5 Å². The first kappa shape index (κ1) is 41.9. The summed E-state index contributed by atoms with van der Waals surface area (Å²) >= 11 is 3.78. The van der Waals surface area contributed by atoms with Crippen LogP contribution < -0.4 is 31.1 Å². The average molecular weight is 911 g/mol. The molecule has 11 rings (SSSR count). The predicted molar refractivity (Wildman–Crippen MR) is 287 cm³/mol. The lowest BCUT2D eigenvalue weighted by Crippen LogP contribution is -2.74. The van der Waals surface area contributed by atoms with Crippen LogP contribution in [0.5, 0.6) is 0 Å². The second kappa shape index (κ2) is 15.4. The Hall–Kier alpha value is -5.77. The van der Waals surface area contributed by atoms with Crippen LogP contribution in [0.3, 0.4) is 0 Å². The van der Waals surface area contributed by atoms with E-state index in [1.165, 1.54) is 84.5 Å². The first-order chi connectivity index (χ1) is 31.3. The highest BCUT2D eigenvalue weighted by molar-refractivity contribution is 8.00. The first-order valence-corrected chi connectivity index (χ1v) is 29.5. The number of hydrogen-bond acceptors (Lipinski definition) is 3. The van der Waals surface area contributed by atoms with Gasteiger partial charge in [-0.2, -0.15) is 0 Å². The van der Waals surface area contributed by atoms with Gasteiger partial charge in [0, 0.05) is 15.4 Å². The number of fused-ring (bicyclic) bond motifs is 7. The maximum Gasteiger partial charge on any atom is 0.195 e. The number of para-hydroxylation sites is 2. The molecule has 2 nitrogen and oxygen atoms in total. The number of rotatable bonds is 6. The molecular weight excluding hydrogens is 857 g/mol. The van der Waals surface area contributed by atoms with Crippen molar-refractivity contribution < 1.29 is 0 Å². The lowest BCUT2D eigenvalue weighted by Gasteiger charge is -2.37. The van der Waals surface area contributed by atoms with Crippen molar-refractivity contribution in [1.82, 2.24) is 9.38 Å². The van der Waals surface area contributed by atoms with Gasteiger partial charge in [0.15, 0.2) is 13.0 Å². The molecule has 0 aliphatic carbocycles. The Kier molecular flexibility index (Phi) is 9.94. The van der Waals surface area contributed by atoms with E-state index in [9.17, 15) is 0 Å². The number of hydrogen-bond donors (Lipinski definition) is 0. The van der Waals surface area contributed by atoms with Crippen molar-refractivity contribution in [1.29, 1.82) is 0 Å². The van der Waals surface area contributed by atoms with Gasteiger partial charge in [-0.15, -0.1) is 0 Å². The summed E-state index contributed by atoms with van der Waals surface area (Å²) in [5, 5.41) is 8.59. The standard InChI is InChI=1S/C59H54N2S2Si2/c1-58(2,3)47-35-33-41(37-45(47)43-25-19-29-51-55(43)63-57-60-49-27-15-16-28-50(49)61(51)57)65(39-21-11-9-12-22-39,40-23-13-10-14-24-40)42-34-36-48(59(4,5)6)46(38-42)44-26-20-32-54-56(44)62-52-30-17-18-31-53(52)64(54,7)8/h9-38H,1-8H3. The molecule has 8 aromatic carbocycles. The van der Waals surface area contributed by atoms with Crippen LogP contribution in [-0.2, 0) is 10.8 Å². The highest BCUT2D eigenvalue weighted by Gasteiger charge is 2.44. The second-order valence-corrected chi connectivity index (χ2v) is 30.5. The van der Waals surface area contributed by atoms with Crippen LogP contribution in [0.1, 0.15) is 52.7 Å². The van der Waals surface area contributed by atoms with Gasteiger partial charge < -0.3 is 0 Å². The number of imidazole rings is 1. The highest BCUT2D eigenvalue weighted by Crippen LogP contribution is 2.44. The smallest absolute Gasteiger partial charge is 0.195 e. The van der Waals surface area contributed by atoms with Crippen molar-refractivity contribution in [3.05, 3.63) is 193 Å².